The zero-order valence-electron chi connectivity index (χ0n) is 22.0. The predicted octanol–water partition coefficient (Wildman–Crippen LogP) is 6.64. The van der Waals surface area contributed by atoms with Gasteiger partial charge in [0, 0.05) is 24.6 Å². The van der Waals surface area contributed by atoms with E-state index in [1.807, 2.05) is 39.5 Å². The summed E-state index contributed by atoms with van der Waals surface area (Å²) in [5.41, 5.74) is 7.35. The number of benzene rings is 2. The second kappa shape index (κ2) is 9.77. The van der Waals surface area contributed by atoms with Gasteiger partial charge in [0.25, 0.3) is 0 Å². The van der Waals surface area contributed by atoms with E-state index in [0.29, 0.717) is 18.7 Å². The number of carboxylic acids is 1. The second-order valence-corrected chi connectivity index (χ2v) is 11.3. The van der Waals surface area contributed by atoms with Crippen molar-refractivity contribution in [2.75, 3.05) is 0 Å². The van der Waals surface area contributed by atoms with Crippen LogP contribution >= 0.6 is 0 Å². The monoisotopic (exact) mass is 477 g/mol. The zero-order chi connectivity index (χ0) is 25.5. The third-order valence-corrected chi connectivity index (χ3v) is 7.58. The fourth-order valence-electron chi connectivity index (χ4n) is 5.79. The molecule has 0 bridgehead atoms. The summed E-state index contributed by atoms with van der Waals surface area (Å²) in [4.78, 5) is 28.0. The lowest BCUT2D eigenvalue weighted by Crippen LogP contribution is -2.33. The van der Waals surface area contributed by atoms with Gasteiger partial charge in [0.2, 0.25) is 5.91 Å². The Morgan fingerprint density at radius 3 is 2.06 bits per heavy atom. The van der Waals surface area contributed by atoms with Crippen LogP contribution in [-0.2, 0) is 27.4 Å². The molecule has 1 aliphatic carbocycles. The molecule has 2 aromatic rings. The maximum absolute atomic E-state index is 13.4. The normalized spacial score (nSPS) is 17.4. The zero-order valence-corrected chi connectivity index (χ0v) is 22.0. The molecule has 1 heterocycles. The highest BCUT2D eigenvalue weighted by molar-refractivity contribution is 5.85. The van der Waals surface area contributed by atoms with Gasteiger partial charge in [-0.3, -0.25) is 4.79 Å². The Bertz CT molecular complexity index is 1120. The first-order chi connectivity index (χ1) is 16.5. The van der Waals surface area contributed by atoms with E-state index in [0.717, 1.165) is 64.6 Å². The Morgan fingerprint density at radius 2 is 1.51 bits per heavy atom. The molecule has 5 heteroatoms. The molecule has 1 aliphatic heterocycles. The first-order valence-electron chi connectivity index (χ1n) is 12.9. The lowest BCUT2D eigenvalue weighted by molar-refractivity contribution is -0.160. The van der Waals surface area contributed by atoms with Gasteiger partial charge in [-0.25, -0.2) is 4.79 Å². The number of rotatable bonds is 5. The Labute approximate surface area is 209 Å². The van der Waals surface area contributed by atoms with Gasteiger partial charge in [0.05, 0.1) is 5.60 Å². The average Bonchev–Trinajstić information content (AvgIpc) is 3.26. The van der Waals surface area contributed by atoms with Gasteiger partial charge in [-0.05, 0) is 87.8 Å². The van der Waals surface area contributed by atoms with Crippen LogP contribution in [0.1, 0.15) is 92.4 Å². The van der Waals surface area contributed by atoms with Crippen LogP contribution in [0.5, 0.6) is 0 Å². The molecule has 2 aliphatic rings. The number of carbonyl (C=O) groups is 2. The van der Waals surface area contributed by atoms with Crippen molar-refractivity contribution in [3.63, 3.8) is 0 Å². The number of hydrogen-bond donors (Lipinski definition) is 1. The van der Waals surface area contributed by atoms with Crippen molar-refractivity contribution >= 4 is 11.9 Å². The standard InChI is InChI=1S/C30H39NO4/c1-18-12-14-21(15-13-18)25-19(2)23-16-31(28(32)22-10-8-7-9-11-22)17-24(23)20(3)26(25)27(29(33)34)35-30(4,5)6/h12-15,22,27H,7-11,16-17H2,1-6H3,(H,33,34). The van der Waals surface area contributed by atoms with E-state index in [-0.39, 0.29) is 11.8 Å². The quantitative estimate of drug-likeness (QED) is 0.524. The topological polar surface area (TPSA) is 66.8 Å². The minimum Gasteiger partial charge on any atom is -0.479 e. The second-order valence-electron chi connectivity index (χ2n) is 11.3. The Morgan fingerprint density at radius 1 is 0.943 bits per heavy atom. The summed E-state index contributed by atoms with van der Waals surface area (Å²) in [7, 11) is 0. The molecule has 1 atom stereocenters. The average molecular weight is 478 g/mol. The molecule has 1 amide bonds. The van der Waals surface area contributed by atoms with Gasteiger partial charge >= 0.3 is 5.97 Å². The van der Waals surface area contributed by atoms with Crippen molar-refractivity contribution in [2.24, 2.45) is 5.92 Å². The van der Waals surface area contributed by atoms with Crippen LogP contribution in [0.25, 0.3) is 11.1 Å². The molecule has 35 heavy (non-hydrogen) atoms. The van der Waals surface area contributed by atoms with Crippen molar-refractivity contribution in [2.45, 2.75) is 98.4 Å². The predicted molar refractivity (Wildman–Crippen MR) is 138 cm³/mol. The minimum absolute atomic E-state index is 0.116. The lowest BCUT2D eigenvalue weighted by Gasteiger charge is -2.29. The fourth-order valence-corrected chi connectivity index (χ4v) is 5.79. The van der Waals surface area contributed by atoms with Gasteiger partial charge in [0.1, 0.15) is 0 Å². The number of fused-ring (bicyclic) bond motifs is 1. The molecule has 1 saturated carbocycles. The van der Waals surface area contributed by atoms with Gasteiger partial charge in [-0.1, -0.05) is 49.1 Å². The van der Waals surface area contributed by atoms with Crippen LogP contribution in [0.2, 0.25) is 0 Å². The van der Waals surface area contributed by atoms with Crippen molar-refractivity contribution in [1.29, 1.82) is 0 Å². The third-order valence-electron chi connectivity index (χ3n) is 7.58. The van der Waals surface area contributed by atoms with Crippen LogP contribution in [0.3, 0.4) is 0 Å². The van der Waals surface area contributed by atoms with Crippen molar-refractivity contribution < 1.29 is 19.4 Å². The largest absolute Gasteiger partial charge is 0.479 e. The first-order valence-corrected chi connectivity index (χ1v) is 12.9. The number of carbonyl (C=O) groups excluding carboxylic acids is 1. The van der Waals surface area contributed by atoms with E-state index < -0.39 is 17.7 Å². The summed E-state index contributed by atoms with van der Waals surface area (Å²) in [6.07, 6.45) is 4.32. The van der Waals surface area contributed by atoms with Crippen LogP contribution in [0.4, 0.5) is 0 Å². The van der Waals surface area contributed by atoms with Crippen LogP contribution in [-0.4, -0.2) is 27.5 Å². The highest BCUT2D eigenvalue weighted by Crippen LogP contribution is 2.44. The van der Waals surface area contributed by atoms with Crippen LogP contribution in [0.15, 0.2) is 24.3 Å². The molecule has 188 valence electrons. The number of hydrogen-bond acceptors (Lipinski definition) is 3. The van der Waals surface area contributed by atoms with E-state index >= 15 is 0 Å². The molecule has 0 aromatic heterocycles. The SMILES string of the molecule is Cc1ccc(-c2c(C)c3c(c(C)c2C(OC(C)(C)C)C(=O)O)CN(C(=O)C2CCCCC2)C3)cc1. The number of carboxylic acid groups (broad SMARTS) is 1. The van der Waals surface area contributed by atoms with E-state index in [1.54, 1.807) is 0 Å². The van der Waals surface area contributed by atoms with Crippen molar-refractivity contribution in [3.8, 4) is 11.1 Å². The van der Waals surface area contributed by atoms with Gasteiger partial charge < -0.3 is 14.7 Å². The molecule has 4 rings (SSSR count). The van der Waals surface area contributed by atoms with Gasteiger partial charge in [-0.15, -0.1) is 0 Å². The third kappa shape index (κ3) is 5.16. The molecule has 0 spiro atoms. The molecule has 0 saturated heterocycles. The van der Waals surface area contributed by atoms with Gasteiger partial charge in [0.15, 0.2) is 6.10 Å². The maximum Gasteiger partial charge on any atom is 0.337 e. The summed E-state index contributed by atoms with van der Waals surface area (Å²) in [6, 6.07) is 8.23. The molecular weight excluding hydrogens is 438 g/mol. The van der Waals surface area contributed by atoms with E-state index in [1.165, 1.54) is 6.42 Å². The lowest BCUT2D eigenvalue weighted by atomic mass is 9.83. The summed E-state index contributed by atoms with van der Waals surface area (Å²) in [5, 5.41) is 10.3. The summed E-state index contributed by atoms with van der Waals surface area (Å²) in [5.74, 6) is -0.631. The molecule has 1 unspecified atom stereocenters. The number of nitrogens with zero attached hydrogens (tertiary/aromatic N) is 1. The Balaban J connectivity index is 1.85. The summed E-state index contributed by atoms with van der Waals surface area (Å²) in [6.45, 7) is 12.9. The smallest absolute Gasteiger partial charge is 0.337 e. The first kappa shape index (κ1) is 25.4. The number of ether oxygens (including phenoxy) is 1. The highest BCUT2D eigenvalue weighted by atomic mass is 16.5. The number of amides is 1. The van der Waals surface area contributed by atoms with Crippen LogP contribution in [0, 0.1) is 26.7 Å². The van der Waals surface area contributed by atoms with Gasteiger partial charge in [-0.2, -0.15) is 0 Å². The molecular formula is C30H39NO4. The molecule has 2 aromatic carbocycles. The fraction of sp³-hybridized carbons (Fsp3) is 0.533. The van der Waals surface area contributed by atoms with Crippen molar-refractivity contribution in [1.82, 2.24) is 4.90 Å². The molecule has 1 fully saturated rings. The van der Waals surface area contributed by atoms with E-state index in [9.17, 15) is 14.7 Å². The maximum atomic E-state index is 13.4. The molecule has 0 radical (unpaired) electrons. The van der Waals surface area contributed by atoms with E-state index in [2.05, 4.69) is 31.2 Å². The number of aryl methyl sites for hydroxylation is 1. The van der Waals surface area contributed by atoms with Crippen molar-refractivity contribution in [3.05, 3.63) is 57.6 Å². The minimum atomic E-state index is -1.10. The van der Waals surface area contributed by atoms with Crippen LogP contribution < -0.4 is 0 Å². The molecule has 1 N–H and O–H groups in total. The van der Waals surface area contributed by atoms with E-state index in [4.69, 9.17) is 4.74 Å². The summed E-state index contributed by atoms with van der Waals surface area (Å²) < 4.78 is 6.16. The highest BCUT2D eigenvalue weighted by Gasteiger charge is 2.37. The summed E-state index contributed by atoms with van der Waals surface area (Å²) >= 11 is 0. The molecule has 5 nitrogen and oxygen atoms in total. The Hall–Kier alpha value is -2.66. The Kier molecular flexibility index (Phi) is 7.10. The number of aliphatic carboxylic acids is 1.